The van der Waals surface area contributed by atoms with Crippen LogP contribution >= 0.6 is 0 Å². The number of nitrogens with one attached hydrogen (secondary N) is 1. The number of nitrogens with two attached hydrogens (primary N) is 1. The van der Waals surface area contributed by atoms with E-state index in [0.717, 1.165) is 5.56 Å². The molecular weight excluding hydrogens is 280 g/mol. The van der Waals surface area contributed by atoms with Crippen molar-refractivity contribution in [1.82, 2.24) is 0 Å². The molecule has 3 N–H and O–H groups in total. The Kier molecular flexibility index (Phi) is 3.78. The summed E-state index contributed by atoms with van der Waals surface area (Å²) in [6, 6.07) is 12.3. The smallest absolute Gasteiger partial charge is 0.228 e. The predicted molar refractivity (Wildman–Crippen MR) is 84.1 cm³/mol. The number of nitrogen functional groups attached to an aromatic ring is 1. The van der Waals surface area contributed by atoms with Crippen LogP contribution in [0, 0.1) is 0 Å². The summed E-state index contributed by atoms with van der Waals surface area (Å²) in [5.41, 5.74) is 8.32. The second-order valence-electron chi connectivity index (χ2n) is 5.20. The van der Waals surface area contributed by atoms with E-state index in [0.29, 0.717) is 35.7 Å². The molecule has 0 fully saturated rings. The molecule has 5 nitrogen and oxygen atoms in total. The molecule has 1 heterocycles. The maximum absolute atomic E-state index is 12.1. The molecule has 2 aromatic rings. The van der Waals surface area contributed by atoms with Gasteiger partial charge >= 0.3 is 0 Å². The fraction of sp³-hybridized carbons (Fsp3) is 0.176. The molecule has 0 saturated carbocycles. The van der Waals surface area contributed by atoms with Crippen LogP contribution in [-0.4, -0.2) is 18.3 Å². The fourth-order valence-corrected chi connectivity index (χ4v) is 2.42. The molecule has 1 amide bonds. The van der Waals surface area contributed by atoms with Gasteiger partial charge < -0.3 is 15.8 Å². The molecule has 0 aromatic heterocycles. The summed E-state index contributed by atoms with van der Waals surface area (Å²) in [4.78, 5) is 23.8. The third kappa shape index (κ3) is 3.09. The molecule has 0 radical (unpaired) electrons. The Hall–Kier alpha value is -2.82. The van der Waals surface area contributed by atoms with Crippen molar-refractivity contribution in [3.05, 3.63) is 53.6 Å². The molecule has 1 aliphatic heterocycles. The van der Waals surface area contributed by atoms with E-state index in [1.165, 1.54) is 0 Å². The predicted octanol–water partition coefficient (Wildman–Crippen LogP) is 2.42. The zero-order valence-corrected chi connectivity index (χ0v) is 12.0. The average molecular weight is 296 g/mol. The molecular formula is C17H16N2O3. The van der Waals surface area contributed by atoms with Crippen molar-refractivity contribution in [2.45, 2.75) is 12.8 Å². The maximum Gasteiger partial charge on any atom is 0.228 e. The standard InChI is InChI=1S/C17H16N2O3/c18-12-2-1-3-13(10-12)19-17(21)9-11-4-5-14-15(20)6-7-22-16(14)8-11/h1-5,8,10H,6-7,9,18H2,(H,19,21). The van der Waals surface area contributed by atoms with E-state index in [1.54, 1.807) is 42.5 Å². The summed E-state index contributed by atoms with van der Waals surface area (Å²) in [6.45, 7) is 0.394. The maximum atomic E-state index is 12.1. The van der Waals surface area contributed by atoms with Crippen LogP contribution in [0.3, 0.4) is 0 Å². The molecule has 0 spiro atoms. The van der Waals surface area contributed by atoms with Crippen LogP contribution in [0.15, 0.2) is 42.5 Å². The molecule has 0 saturated heterocycles. The number of benzene rings is 2. The number of carbonyl (C=O) groups excluding carboxylic acids is 2. The van der Waals surface area contributed by atoms with Gasteiger partial charge in [-0.2, -0.15) is 0 Å². The number of fused-ring (bicyclic) bond motifs is 1. The molecule has 2 aromatic carbocycles. The Morgan fingerprint density at radius 2 is 2.09 bits per heavy atom. The molecule has 0 unspecified atom stereocenters. The van der Waals surface area contributed by atoms with E-state index in [9.17, 15) is 9.59 Å². The van der Waals surface area contributed by atoms with Gasteiger partial charge in [0, 0.05) is 17.8 Å². The number of Topliss-reactive ketones (excluding diaryl/α,β-unsaturated/α-hetero) is 1. The van der Waals surface area contributed by atoms with Crippen LogP contribution in [0.4, 0.5) is 11.4 Å². The monoisotopic (exact) mass is 296 g/mol. The van der Waals surface area contributed by atoms with Gasteiger partial charge in [-0.1, -0.05) is 12.1 Å². The van der Waals surface area contributed by atoms with E-state index in [1.807, 2.05) is 0 Å². The van der Waals surface area contributed by atoms with Crippen molar-refractivity contribution in [1.29, 1.82) is 0 Å². The summed E-state index contributed by atoms with van der Waals surface area (Å²) >= 11 is 0. The minimum atomic E-state index is -0.146. The second-order valence-corrected chi connectivity index (χ2v) is 5.20. The summed E-state index contributed by atoms with van der Waals surface area (Å²) in [5, 5.41) is 2.79. The normalized spacial score (nSPS) is 13.2. The molecule has 0 aliphatic carbocycles. The summed E-state index contributed by atoms with van der Waals surface area (Å²) in [5.74, 6) is 0.496. The third-order valence-electron chi connectivity index (χ3n) is 3.47. The number of rotatable bonds is 3. The van der Waals surface area contributed by atoms with Gasteiger partial charge in [-0.3, -0.25) is 9.59 Å². The van der Waals surface area contributed by atoms with E-state index in [-0.39, 0.29) is 18.1 Å². The first-order valence-corrected chi connectivity index (χ1v) is 7.06. The molecule has 0 atom stereocenters. The van der Waals surface area contributed by atoms with Gasteiger partial charge in [-0.25, -0.2) is 0 Å². The minimum Gasteiger partial charge on any atom is -0.492 e. The first kappa shape index (κ1) is 14.1. The molecule has 5 heteroatoms. The van der Waals surface area contributed by atoms with Gasteiger partial charge in [0.15, 0.2) is 5.78 Å². The van der Waals surface area contributed by atoms with E-state index < -0.39 is 0 Å². The first-order valence-electron chi connectivity index (χ1n) is 7.06. The van der Waals surface area contributed by atoms with Crippen LogP contribution in [0.25, 0.3) is 0 Å². The van der Waals surface area contributed by atoms with Crippen molar-refractivity contribution in [2.75, 3.05) is 17.7 Å². The highest BCUT2D eigenvalue weighted by molar-refractivity contribution is 6.00. The number of carbonyl (C=O) groups is 2. The van der Waals surface area contributed by atoms with Crippen molar-refractivity contribution < 1.29 is 14.3 Å². The van der Waals surface area contributed by atoms with Crippen LogP contribution in [-0.2, 0) is 11.2 Å². The average Bonchev–Trinajstić information content (AvgIpc) is 2.47. The van der Waals surface area contributed by atoms with E-state index >= 15 is 0 Å². The highest BCUT2D eigenvalue weighted by Crippen LogP contribution is 2.26. The highest BCUT2D eigenvalue weighted by Gasteiger charge is 2.18. The van der Waals surface area contributed by atoms with Crippen LogP contribution in [0.1, 0.15) is 22.3 Å². The minimum absolute atomic E-state index is 0.0806. The summed E-state index contributed by atoms with van der Waals surface area (Å²) < 4.78 is 5.48. The van der Waals surface area contributed by atoms with Gasteiger partial charge in [0.1, 0.15) is 5.75 Å². The Labute approximate surface area is 128 Å². The number of ether oxygens (including phenoxy) is 1. The van der Waals surface area contributed by atoms with Crippen molar-refractivity contribution in [2.24, 2.45) is 0 Å². The van der Waals surface area contributed by atoms with E-state index in [4.69, 9.17) is 10.5 Å². The quantitative estimate of drug-likeness (QED) is 0.852. The lowest BCUT2D eigenvalue weighted by atomic mass is 10.0. The Balaban J connectivity index is 1.70. The van der Waals surface area contributed by atoms with Crippen LogP contribution in [0.2, 0.25) is 0 Å². The molecule has 112 valence electrons. The lowest BCUT2D eigenvalue weighted by Crippen LogP contribution is -2.17. The molecule has 22 heavy (non-hydrogen) atoms. The number of ketones is 1. The lowest BCUT2D eigenvalue weighted by molar-refractivity contribution is -0.115. The van der Waals surface area contributed by atoms with Crippen LogP contribution < -0.4 is 15.8 Å². The van der Waals surface area contributed by atoms with Gasteiger partial charge in [0.05, 0.1) is 18.6 Å². The van der Waals surface area contributed by atoms with Crippen molar-refractivity contribution in [3.8, 4) is 5.75 Å². The highest BCUT2D eigenvalue weighted by atomic mass is 16.5. The Bertz CT molecular complexity index is 740. The zero-order valence-electron chi connectivity index (χ0n) is 12.0. The largest absolute Gasteiger partial charge is 0.492 e. The lowest BCUT2D eigenvalue weighted by Gasteiger charge is -2.17. The van der Waals surface area contributed by atoms with Gasteiger partial charge in [-0.15, -0.1) is 0 Å². The number of amides is 1. The van der Waals surface area contributed by atoms with Crippen molar-refractivity contribution in [3.63, 3.8) is 0 Å². The van der Waals surface area contributed by atoms with Gasteiger partial charge in [0.2, 0.25) is 5.91 Å². The molecule has 1 aliphatic rings. The Morgan fingerprint density at radius 1 is 1.23 bits per heavy atom. The molecule has 0 bridgehead atoms. The summed E-state index contributed by atoms with van der Waals surface area (Å²) in [6.07, 6.45) is 0.613. The van der Waals surface area contributed by atoms with Crippen molar-refractivity contribution >= 4 is 23.1 Å². The van der Waals surface area contributed by atoms with E-state index in [2.05, 4.69) is 5.32 Å². The second kappa shape index (κ2) is 5.89. The van der Waals surface area contributed by atoms with Gasteiger partial charge in [0.25, 0.3) is 0 Å². The number of hydrogen-bond donors (Lipinski definition) is 2. The topological polar surface area (TPSA) is 81.4 Å². The van der Waals surface area contributed by atoms with Crippen LogP contribution in [0.5, 0.6) is 5.75 Å². The zero-order chi connectivity index (χ0) is 15.5. The molecule has 3 rings (SSSR count). The SMILES string of the molecule is Nc1cccc(NC(=O)Cc2ccc3c(c2)OCCC3=O)c1. The first-order chi connectivity index (χ1) is 10.6. The van der Waals surface area contributed by atoms with Gasteiger partial charge in [-0.05, 0) is 35.9 Å². The Morgan fingerprint density at radius 3 is 2.91 bits per heavy atom. The fourth-order valence-electron chi connectivity index (χ4n) is 2.42. The third-order valence-corrected chi connectivity index (χ3v) is 3.47. The number of hydrogen-bond acceptors (Lipinski definition) is 4. The summed E-state index contributed by atoms with van der Waals surface area (Å²) in [7, 11) is 0. The number of anilines is 2.